The van der Waals surface area contributed by atoms with Gasteiger partial charge in [0.05, 0.1) is 12.6 Å². The van der Waals surface area contributed by atoms with Gasteiger partial charge in [-0.25, -0.2) is 0 Å². The quantitative estimate of drug-likeness (QED) is 0.908. The molecule has 2 rings (SSSR count). The zero-order valence-electron chi connectivity index (χ0n) is 12.8. The number of benzene rings is 1. The second-order valence-corrected chi connectivity index (χ2v) is 5.43. The summed E-state index contributed by atoms with van der Waals surface area (Å²) in [7, 11) is 1.85. The van der Waals surface area contributed by atoms with Crippen LogP contribution in [0.2, 0.25) is 0 Å². The molecular formula is C16H25ClN2O2. The highest BCUT2D eigenvalue weighted by Crippen LogP contribution is 2.12. The van der Waals surface area contributed by atoms with Crippen molar-refractivity contribution in [2.45, 2.75) is 32.2 Å². The molecule has 0 aliphatic carbocycles. The summed E-state index contributed by atoms with van der Waals surface area (Å²) >= 11 is 0. The summed E-state index contributed by atoms with van der Waals surface area (Å²) in [4.78, 5) is 14.0. The minimum absolute atomic E-state index is 0. The Balaban J connectivity index is 0.00000220. The van der Waals surface area contributed by atoms with Crippen LogP contribution in [-0.4, -0.2) is 43.6 Å². The lowest BCUT2D eigenvalue weighted by molar-refractivity contribution is -0.133. The van der Waals surface area contributed by atoms with Crippen LogP contribution in [-0.2, 0) is 4.79 Å². The van der Waals surface area contributed by atoms with Crippen LogP contribution in [0.5, 0.6) is 5.75 Å². The third-order valence-electron chi connectivity index (χ3n) is 3.67. The molecule has 1 saturated heterocycles. The number of carbonyl (C=O) groups is 1. The van der Waals surface area contributed by atoms with Gasteiger partial charge in [0.2, 0.25) is 5.91 Å². The Bertz CT molecular complexity index is 448. The number of rotatable bonds is 5. The molecule has 0 bridgehead atoms. The molecule has 0 spiro atoms. The van der Waals surface area contributed by atoms with Crippen LogP contribution in [0.15, 0.2) is 24.3 Å². The number of amides is 1. The second-order valence-electron chi connectivity index (χ2n) is 5.43. The Morgan fingerprint density at radius 3 is 2.90 bits per heavy atom. The molecule has 0 radical (unpaired) electrons. The maximum absolute atomic E-state index is 12.2. The summed E-state index contributed by atoms with van der Waals surface area (Å²) in [5.41, 5.74) is 1.18. The van der Waals surface area contributed by atoms with Gasteiger partial charge >= 0.3 is 0 Å². The number of halogens is 1. The molecule has 4 nitrogen and oxygen atoms in total. The molecule has 21 heavy (non-hydrogen) atoms. The molecule has 1 heterocycles. The van der Waals surface area contributed by atoms with E-state index >= 15 is 0 Å². The molecule has 1 atom stereocenters. The first kappa shape index (κ1) is 17.8. The van der Waals surface area contributed by atoms with Crippen LogP contribution in [0, 0.1) is 6.92 Å². The number of hydrogen-bond acceptors (Lipinski definition) is 3. The number of hydrogen-bond donors (Lipinski definition) is 1. The highest BCUT2D eigenvalue weighted by Gasteiger charge is 2.23. The largest absolute Gasteiger partial charge is 0.492 e. The lowest BCUT2D eigenvalue weighted by Gasteiger charge is -2.27. The number of aryl methyl sites for hydroxylation is 1. The number of nitrogens with zero attached hydrogens (tertiary/aromatic N) is 1. The van der Waals surface area contributed by atoms with E-state index in [9.17, 15) is 4.79 Å². The monoisotopic (exact) mass is 312 g/mol. The Hall–Kier alpha value is -1.26. The van der Waals surface area contributed by atoms with Crippen molar-refractivity contribution in [1.29, 1.82) is 0 Å². The van der Waals surface area contributed by atoms with E-state index < -0.39 is 0 Å². The molecule has 118 valence electrons. The number of piperidine rings is 1. The van der Waals surface area contributed by atoms with Gasteiger partial charge in [-0.2, -0.15) is 0 Å². The molecule has 1 amide bonds. The van der Waals surface area contributed by atoms with Gasteiger partial charge in [0, 0.05) is 7.05 Å². The summed E-state index contributed by atoms with van der Waals surface area (Å²) in [6, 6.07) is 7.96. The first-order valence-electron chi connectivity index (χ1n) is 7.34. The molecule has 0 unspecified atom stereocenters. The maximum Gasteiger partial charge on any atom is 0.239 e. The van der Waals surface area contributed by atoms with E-state index in [1.807, 2.05) is 38.2 Å². The summed E-state index contributed by atoms with van der Waals surface area (Å²) in [5, 5.41) is 3.28. The van der Waals surface area contributed by atoms with Crippen molar-refractivity contribution < 1.29 is 9.53 Å². The predicted molar refractivity (Wildman–Crippen MR) is 87.2 cm³/mol. The average molecular weight is 313 g/mol. The number of nitrogens with one attached hydrogen (secondary N) is 1. The fraction of sp³-hybridized carbons (Fsp3) is 0.562. The molecule has 0 aromatic heterocycles. The second kappa shape index (κ2) is 8.90. The van der Waals surface area contributed by atoms with Crippen LogP contribution in [0.1, 0.15) is 24.8 Å². The molecule has 1 aromatic carbocycles. The van der Waals surface area contributed by atoms with Crippen molar-refractivity contribution in [3.05, 3.63) is 29.8 Å². The number of likely N-dealkylation sites (N-methyl/N-ethyl adjacent to an activating group) is 1. The van der Waals surface area contributed by atoms with Crippen LogP contribution in [0.4, 0.5) is 0 Å². The molecule has 1 N–H and O–H groups in total. The van der Waals surface area contributed by atoms with E-state index in [2.05, 4.69) is 5.32 Å². The Morgan fingerprint density at radius 1 is 1.43 bits per heavy atom. The van der Waals surface area contributed by atoms with E-state index in [-0.39, 0.29) is 24.4 Å². The highest BCUT2D eigenvalue weighted by atomic mass is 35.5. The first-order valence-corrected chi connectivity index (χ1v) is 7.34. The molecule has 1 aliphatic rings. The van der Waals surface area contributed by atoms with Crippen molar-refractivity contribution in [2.75, 3.05) is 26.7 Å². The fourth-order valence-electron chi connectivity index (χ4n) is 2.44. The Kier molecular flexibility index (Phi) is 7.54. The van der Waals surface area contributed by atoms with Crippen molar-refractivity contribution in [3.8, 4) is 5.75 Å². The van der Waals surface area contributed by atoms with Gasteiger partial charge in [-0.05, 0) is 44.0 Å². The third-order valence-corrected chi connectivity index (χ3v) is 3.67. The van der Waals surface area contributed by atoms with Crippen LogP contribution >= 0.6 is 12.4 Å². The first-order chi connectivity index (χ1) is 9.66. The van der Waals surface area contributed by atoms with E-state index in [0.29, 0.717) is 13.2 Å². The molecule has 1 fully saturated rings. The van der Waals surface area contributed by atoms with Crippen LogP contribution in [0.3, 0.4) is 0 Å². The zero-order valence-corrected chi connectivity index (χ0v) is 13.6. The topological polar surface area (TPSA) is 41.6 Å². The molecule has 0 saturated carbocycles. The van der Waals surface area contributed by atoms with Gasteiger partial charge in [-0.1, -0.05) is 18.6 Å². The Labute approximate surface area is 133 Å². The van der Waals surface area contributed by atoms with Crippen molar-refractivity contribution in [3.63, 3.8) is 0 Å². The van der Waals surface area contributed by atoms with E-state index in [4.69, 9.17) is 4.74 Å². The average Bonchev–Trinajstić information content (AvgIpc) is 2.47. The lowest BCUT2D eigenvalue weighted by Crippen LogP contribution is -2.48. The predicted octanol–water partition coefficient (Wildman–Crippen LogP) is 2.40. The lowest BCUT2D eigenvalue weighted by atomic mass is 10.0. The molecule has 5 heteroatoms. The van der Waals surface area contributed by atoms with E-state index in [1.165, 1.54) is 12.0 Å². The third kappa shape index (κ3) is 5.56. The van der Waals surface area contributed by atoms with Crippen molar-refractivity contribution >= 4 is 18.3 Å². The van der Waals surface area contributed by atoms with Gasteiger partial charge in [0.1, 0.15) is 12.4 Å². The minimum Gasteiger partial charge on any atom is -0.492 e. The SMILES string of the molecule is Cc1cccc(OCCN(C)C(=O)[C@@H]2CCCCN2)c1.Cl. The Morgan fingerprint density at radius 2 is 2.24 bits per heavy atom. The smallest absolute Gasteiger partial charge is 0.239 e. The zero-order chi connectivity index (χ0) is 14.4. The number of ether oxygens (including phenoxy) is 1. The van der Waals surface area contributed by atoms with Crippen molar-refractivity contribution in [2.24, 2.45) is 0 Å². The summed E-state index contributed by atoms with van der Waals surface area (Å²) in [6.45, 7) is 4.13. The van der Waals surface area contributed by atoms with Gasteiger partial charge in [0.25, 0.3) is 0 Å². The fourth-order valence-corrected chi connectivity index (χ4v) is 2.44. The van der Waals surface area contributed by atoms with Gasteiger partial charge < -0.3 is 15.0 Å². The van der Waals surface area contributed by atoms with Crippen molar-refractivity contribution in [1.82, 2.24) is 10.2 Å². The van der Waals surface area contributed by atoms with Crippen LogP contribution < -0.4 is 10.1 Å². The van der Waals surface area contributed by atoms with Crippen LogP contribution in [0.25, 0.3) is 0 Å². The summed E-state index contributed by atoms with van der Waals surface area (Å²) in [6.07, 6.45) is 3.25. The highest BCUT2D eigenvalue weighted by molar-refractivity contribution is 5.85. The standard InChI is InChI=1S/C16H24N2O2.ClH/c1-13-6-5-7-14(12-13)20-11-10-18(2)16(19)15-8-3-4-9-17-15;/h5-7,12,15,17H,3-4,8-11H2,1-2H3;1H/t15-;/m0./s1. The maximum atomic E-state index is 12.2. The minimum atomic E-state index is -0.00674. The van der Waals surface area contributed by atoms with Gasteiger partial charge in [0.15, 0.2) is 0 Å². The molecule has 1 aliphatic heterocycles. The van der Waals surface area contributed by atoms with Gasteiger partial charge in [-0.3, -0.25) is 4.79 Å². The molecular weight excluding hydrogens is 288 g/mol. The van der Waals surface area contributed by atoms with E-state index in [0.717, 1.165) is 25.1 Å². The number of carbonyl (C=O) groups excluding carboxylic acids is 1. The normalized spacial score (nSPS) is 17.7. The van der Waals surface area contributed by atoms with E-state index in [1.54, 1.807) is 4.90 Å². The van der Waals surface area contributed by atoms with Gasteiger partial charge in [-0.15, -0.1) is 12.4 Å². The summed E-state index contributed by atoms with van der Waals surface area (Å²) in [5.74, 6) is 1.04. The summed E-state index contributed by atoms with van der Waals surface area (Å²) < 4.78 is 5.68. The molecule has 1 aromatic rings.